The smallest absolute Gasteiger partial charge is 1.00 e. The van der Waals surface area contributed by atoms with E-state index in [2.05, 4.69) is 98.5 Å². The minimum Gasteiger partial charge on any atom is -1.00 e. The number of halogens is 1. The number of cyclic esters (lactones) is 2. The van der Waals surface area contributed by atoms with Crippen LogP contribution >= 0.6 is 15.9 Å². The maximum Gasteiger partial charge on any atom is 1.00 e. The van der Waals surface area contributed by atoms with Crippen molar-refractivity contribution in [1.82, 2.24) is 50.2 Å². The van der Waals surface area contributed by atoms with Gasteiger partial charge in [0, 0.05) is 115 Å². The summed E-state index contributed by atoms with van der Waals surface area (Å²) >= 11 is 3.39. The van der Waals surface area contributed by atoms with Gasteiger partial charge in [-0.05, 0) is 111 Å². The molecule has 0 bridgehead atoms. The van der Waals surface area contributed by atoms with Gasteiger partial charge in [0.1, 0.15) is 0 Å². The first-order valence-electron chi connectivity index (χ1n) is 41.5. The van der Waals surface area contributed by atoms with E-state index in [1.54, 1.807) is 131 Å². The Bertz CT molecular complexity index is 5460. The van der Waals surface area contributed by atoms with Gasteiger partial charge in [-0.15, -0.1) is 0 Å². The fourth-order valence-corrected chi connectivity index (χ4v) is 16.7. The Morgan fingerprint density at radius 2 is 0.566 bits per heavy atom. The van der Waals surface area contributed by atoms with Gasteiger partial charge in [0.05, 0.1) is 79.8 Å². The summed E-state index contributed by atoms with van der Waals surface area (Å²) < 4.78 is 4.35. The number of ether oxygens (including phenoxy) is 1. The largest absolute Gasteiger partial charge is 1.00 e. The van der Waals surface area contributed by atoms with Crippen molar-refractivity contribution in [2.45, 2.75) is 127 Å². The van der Waals surface area contributed by atoms with E-state index in [9.17, 15) is 76.7 Å². The number of alkyl halides is 1. The van der Waals surface area contributed by atoms with E-state index in [0.29, 0.717) is 127 Å². The number of hydrogen-bond donors (Lipinski definition) is 7. The topological polar surface area (TPSA) is 445 Å². The van der Waals surface area contributed by atoms with E-state index in [-0.39, 0.29) is 164 Å². The molecule has 6 unspecified atom stereocenters. The minimum atomic E-state index is -0.550. The average molecular weight is 1820 g/mol. The molecule has 129 heavy (non-hydrogen) atoms. The van der Waals surface area contributed by atoms with E-state index in [0.717, 1.165) is 27.6 Å². The van der Waals surface area contributed by atoms with E-state index in [1.807, 2.05) is 79.4 Å². The van der Waals surface area contributed by atoms with Crippen LogP contribution < -0.4 is 68.7 Å². The van der Waals surface area contributed by atoms with E-state index in [1.165, 1.54) is 41.9 Å². The van der Waals surface area contributed by atoms with Crippen LogP contribution in [0.5, 0.6) is 0 Å². The van der Waals surface area contributed by atoms with Crippen LogP contribution in [-0.4, -0.2) is 204 Å². The van der Waals surface area contributed by atoms with Crippen molar-refractivity contribution in [1.29, 1.82) is 0 Å². The molecule has 11 heterocycles. The zero-order chi connectivity index (χ0) is 91.7. The van der Waals surface area contributed by atoms with Crippen molar-refractivity contribution in [3.8, 4) is 0 Å². The number of fused-ring (bicyclic) bond motifs is 5. The van der Waals surface area contributed by atoms with Crippen molar-refractivity contribution in [3.63, 3.8) is 0 Å². The number of nitrogens with two attached hydrogens (primary N) is 4. The second kappa shape index (κ2) is 44.0. The Hall–Kier alpha value is -13.2. The Balaban J connectivity index is 0.000000158. The maximum atomic E-state index is 12.6. The van der Waals surface area contributed by atoms with Gasteiger partial charge >= 0.3 is 41.5 Å². The Kier molecular flexibility index (Phi) is 32.9. The zero-order valence-electron chi connectivity index (χ0n) is 72.8. The number of rotatable bonds is 11. The number of nitrogens with zero attached hydrogens (tertiary/aromatic N) is 7. The van der Waals surface area contributed by atoms with Crippen LogP contribution in [0.15, 0.2) is 218 Å². The first kappa shape index (κ1) is 96.5. The number of benzene rings is 9. The molecule has 6 saturated heterocycles. The van der Waals surface area contributed by atoms with Gasteiger partial charge in [0.25, 0.3) is 47.3 Å². The summed E-state index contributed by atoms with van der Waals surface area (Å²) in [4.78, 5) is 199. The molecule has 0 aliphatic carbocycles. The number of nitrogens with one attached hydrogen (secondary N) is 3. The molecular weight excluding hydrogens is 1720 g/mol. The van der Waals surface area contributed by atoms with E-state index >= 15 is 0 Å². The molecule has 662 valence electrons. The van der Waals surface area contributed by atoms with Gasteiger partial charge in [0.2, 0.25) is 35.4 Å². The summed E-state index contributed by atoms with van der Waals surface area (Å²) in [6.45, 7) is 12.7. The Morgan fingerprint density at radius 3 is 0.798 bits per heavy atom. The molecule has 11 aliphatic heterocycles. The number of carbonyl (C=O) groups excluding carboxylic acids is 16. The molecule has 0 spiro atoms. The minimum absolute atomic E-state index is 0. The number of esters is 2. The summed E-state index contributed by atoms with van der Waals surface area (Å²) in [6.07, 6.45) is 1.78. The summed E-state index contributed by atoms with van der Waals surface area (Å²) in [5, 5.41) is 8.82. The van der Waals surface area contributed by atoms with E-state index < -0.39 is 24.0 Å². The second-order valence-electron chi connectivity index (χ2n) is 32.0. The molecule has 14 amide bonds. The molecule has 9 aromatic carbocycles. The first-order chi connectivity index (χ1) is 61.5. The van der Waals surface area contributed by atoms with Crippen LogP contribution in [0.1, 0.15) is 188 Å². The maximum absolute atomic E-state index is 12.6. The molecule has 20 rings (SSSR count). The average Bonchev–Trinajstić information content (AvgIpc) is 1.62. The number of amides is 14. The third kappa shape index (κ3) is 23.2. The number of hydrazine groups is 1. The molecule has 11 N–H and O–H groups in total. The van der Waals surface area contributed by atoms with Crippen LogP contribution in [0.3, 0.4) is 0 Å². The Labute approximate surface area is 776 Å². The molecule has 11 aliphatic rings. The monoisotopic (exact) mass is 1820 g/mol. The molecule has 0 aromatic heterocycles. The number of hydrogen-bond acceptors (Lipinski definition) is 21. The number of imide groups is 4. The number of likely N-dealkylation sites (tertiary alicyclic amines) is 3. The predicted octanol–water partition coefficient (Wildman–Crippen LogP) is 4.84. The van der Waals surface area contributed by atoms with Crippen molar-refractivity contribution >= 4 is 111 Å². The summed E-state index contributed by atoms with van der Waals surface area (Å²) in [5.41, 5.74) is 24.7. The van der Waals surface area contributed by atoms with Crippen LogP contribution in [0.4, 0.5) is 0 Å². The summed E-state index contributed by atoms with van der Waals surface area (Å²) in [5.74, 6) is 4.48. The van der Waals surface area contributed by atoms with Gasteiger partial charge in [0.15, 0.2) is 0 Å². The van der Waals surface area contributed by atoms with Gasteiger partial charge < -0.3 is 48.3 Å². The quantitative estimate of drug-likeness (QED) is 0.0173. The molecule has 0 radical (unpaired) electrons. The zero-order valence-corrected chi connectivity index (χ0v) is 75.4. The fourth-order valence-electron chi connectivity index (χ4n) is 16.4. The van der Waals surface area contributed by atoms with Crippen molar-refractivity contribution in [3.05, 3.63) is 319 Å². The first-order valence-corrected chi connectivity index (χ1v) is 42.6. The predicted molar refractivity (Wildman–Crippen MR) is 475 cm³/mol. The normalized spacial score (nSPS) is 19.7. The SMILES string of the molecule is Cc1cccc(CBr)c1.Cc1cccc(CN2CC(N)CC2=O)c1.Cc1cccc(CN2CC(N3C(=O)c4ccccc4C3=O)CC2=O)c1.Cc1cccc(CN2CC(N3C(=O)c4ccccc4C3=O)CC2=O)c1.NC1CNC(=O)C1.NN.O=C1CC(N2C(=O)c3ccccc3C2=O)CN1.O=C1CC(N2C(=O)c3ccccc3C2=O)CN1.O=C1OC(=O)c2ccccc21.[H-].[Na+]. The van der Waals surface area contributed by atoms with Gasteiger partial charge in [-0.25, -0.2) is 9.59 Å². The van der Waals surface area contributed by atoms with Gasteiger partial charge in [-0.1, -0.05) is 196 Å². The third-order valence-electron chi connectivity index (χ3n) is 22.5. The van der Waals surface area contributed by atoms with Crippen LogP contribution in [0, 0.1) is 27.7 Å². The Morgan fingerprint density at radius 1 is 0.310 bits per heavy atom. The van der Waals surface area contributed by atoms with Crippen molar-refractivity contribution < 1.29 is 112 Å². The second-order valence-corrected chi connectivity index (χ2v) is 32.6. The van der Waals surface area contributed by atoms with Crippen molar-refractivity contribution in [2.24, 2.45) is 23.2 Å². The number of carbonyl (C=O) groups is 16. The standard InChI is InChI=1S/2C20H18N2O3.2C12H10N2O3.C12H16N2O.C8H9Br.C8H4O3.C4H8N2O.H4N2.Na.H/c2*1-13-5-4-6-14(9-13)11-21-12-15(10-18(21)23)22-19(24)16-7-2-3-8-17(16)20(22)25;2*15-10-5-7(6-13-10)14-11(16)8-3-1-2-4-9(8)12(14)17;1-9-3-2-4-10(5-9)7-14-8-11(13)6-12(14)15;1-7-3-2-4-8(5-7)6-9;9-7-5-3-1-2-4-6(5)8(10)11-7;5-3-1-4(7)6-2-3;1-2;;/h2*2-9,15H,10-12H2,1H3;2*1-4,7H,5-6H2,(H,13,15);2-5,11H,6-8,13H2,1H3;2-5H,6H2,1H3;1-4H;3H,1-2,5H2,(H,6,7);1-2H2;;/q;;;;;;;;;+1;-1. The summed E-state index contributed by atoms with van der Waals surface area (Å²) in [6, 6.07) is 64.9. The molecular formula is C96H98BrN14NaO17. The van der Waals surface area contributed by atoms with Crippen LogP contribution in [0.25, 0.3) is 0 Å². The van der Waals surface area contributed by atoms with Crippen molar-refractivity contribution in [2.75, 3.05) is 39.3 Å². The third-order valence-corrected chi connectivity index (χ3v) is 23.1. The fraction of sp³-hybridized carbons (Fsp3) is 0.271. The molecule has 33 heteroatoms. The number of aryl methyl sites for hydroxylation is 4. The van der Waals surface area contributed by atoms with Gasteiger partial charge in [-0.2, -0.15) is 0 Å². The van der Waals surface area contributed by atoms with E-state index in [4.69, 9.17) is 11.5 Å². The van der Waals surface area contributed by atoms with Crippen LogP contribution in [0.2, 0.25) is 0 Å². The summed E-state index contributed by atoms with van der Waals surface area (Å²) in [7, 11) is 0. The molecule has 9 aromatic rings. The van der Waals surface area contributed by atoms with Gasteiger partial charge in [-0.3, -0.25) is 98.4 Å². The molecule has 0 saturated carbocycles. The van der Waals surface area contributed by atoms with Crippen LogP contribution in [-0.2, 0) is 58.5 Å². The molecule has 6 fully saturated rings. The molecule has 31 nitrogen and oxygen atoms in total. The molecule has 6 atom stereocenters.